The third-order valence-corrected chi connectivity index (χ3v) is 3.88. The van der Waals surface area contributed by atoms with Crippen molar-refractivity contribution in [2.75, 3.05) is 13.1 Å². The Morgan fingerprint density at radius 2 is 1.83 bits per heavy atom. The number of hydrogen-bond donors (Lipinski definition) is 0. The Hall–Kier alpha value is -0.400. The minimum Gasteiger partial charge on any atom is -0.0622 e. The van der Waals surface area contributed by atoms with Gasteiger partial charge in [-0.15, -0.1) is 0 Å². The first-order valence-electron chi connectivity index (χ1n) is 5.03. The van der Waals surface area contributed by atoms with Gasteiger partial charge in [0.15, 0.2) is 13.1 Å². The predicted octanol–water partition coefficient (Wildman–Crippen LogP) is 2.22. The zero-order valence-corrected chi connectivity index (χ0v) is 8.05. The summed E-state index contributed by atoms with van der Waals surface area (Å²) >= 11 is 0. The van der Waals surface area contributed by atoms with Gasteiger partial charge in [0, 0.05) is 16.7 Å². The molecule has 0 N–H and O–H groups in total. The van der Waals surface area contributed by atoms with Gasteiger partial charge < -0.3 is 0 Å². The molecule has 1 aliphatic carbocycles. The lowest BCUT2D eigenvalue weighted by Gasteiger charge is -2.15. The van der Waals surface area contributed by atoms with E-state index >= 15 is 0 Å². The summed E-state index contributed by atoms with van der Waals surface area (Å²) in [4.78, 5) is 11.1. The van der Waals surface area contributed by atoms with Crippen molar-refractivity contribution in [2.24, 2.45) is 17.3 Å². The summed E-state index contributed by atoms with van der Waals surface area (Å²) < 4.78 is 1.25. The lowest BCUT2D eigenvalue weighted by molar-refractivity contribution is -0.533. The predicted molar refractivity (Wildman–Crippen MR) is 48.0 cm³/mol. The van der Waals surface area contributed by atoms with Gasteiger partial charge >= 0.3 is 0 Å². The summed E-state index contributed by atoms with van der Waals surface area (Å²) in [5, 5.41) is 0. The molecule has 2 unspecified atom stereocenters. The second-order valence-electron chi connectivity index (χ2n) is 4.98. The lowest BCUT2D eigenvalue weighted by atomic mass is 9.84. The highest BCUT2D eigenvalue weighted by Gasteiger charge is 2.50. The highest BCUT2D eigenvalue weighted by atomic mass is 16.3. The SMILES string of the molecule is CC1CC2(CC[N+](=O)C2)CC1C. The summed E-state index contributed by atoms with van der Waals surface area (Å²) in [6.45, 7) is 6.24. The van der Waals surface area contributed by atoms with Gasteiger partial charge in [0.05, 0.1) is 0 Å². The first kappa shape index (κ1) is 8.21. The number of nitrogens with zero attached hydrogens (tertiary/aromatic N) is 1. The zero-order chi connectivity index (χ0) is 8.77. The minimum absolute atomic E-state index is 0.417. The quantitative estimate of drug-likeness (QED) is 0.508. The molecule has 1 saturated carbocycles. The van der Waals surface area contributed by atoms with Gasteiger partial charge in [-0.2, -0.15) is 0 Å². The van der Waals surface area contributed by atoms with Crippen LogP contribution in [-0.2, 0) is 0 Å². The maximum Gasteiger partial charge on any atom is 0.197 e. The van der Waals surface area contributed by atoms with E-state index in [2.05, 4.69) is 13.8 Å². The Labute approximate surface area is 73.9 Å². The summed E-state index contributed by atoms with van der Waals surface area (Å²) in [6.07, 6.45) is 3.71. The van der Waals surface area contributed by atoms with E-state index in [9.17, 15) is 4.91 Å². The summed E-state index contributed by atoms with van der Waals surface area (Å²) in [5.41, 5.74) is 0.417. The van der Waals surface area contributed by atoms with E-state index in [0.717, 1.165) is 31.3 Å². The number of hydrogen-bond acceptors (Lipinski definition) is 1. The molecule has 1 aliphatic heterocycles. The molecule has 2 aliphatic rings. The Morgan fingerprint density at radius 1 is 1.25 bits per heavy atom. The van der Waals surface area contributed by atoms with E-state index < -0.39 is 0 Å². The zero-order valence-electron chi connectivity index (χ0n) is 8.05. The van der Waals surface area contributed by atoms with Crippen molar-refractivity contribution >= 4 is 0 Å². The summed E-state index contributed by atoms with van der Waals surface area (Å²) in [6, 6.07) is 0. The van der Waals surface area contributed by atoms with E-state index in [1.54, 1.807) is 0 Å². The maximum atomic E-state index is 11.1. The van der Waals surface area contributed by atoms with Crippen LogP contribution in [0.1, 0.15) is 33.1 Å². The third-order valence-electron chi connectivity index (χ3n) is 3.88. The van der Waals surface area contributed by atoms with Crippen LogP contribution in [0.2, 0.25) is 0 Å². The molecule has 2 rings (SSSR count). The van der Waals surface area contributed by atoms with Gasteiger partial charge in [0.1, 0.15) is 0 Å². The molecule has 2 heteroatoms. The number of nitroso groups, excluding NO2 is 1. The van der Waals surface area contributed by atoms with Crippen LogP contribution in [0, 0.1) is 22.2 Å². The largest absolute Gasteiger partial charge is 0.197 e. The maximum absolute atomic E-state index is 11.1. The highest BCUT2D eigenvalue weighted by molar-refractivity contribution is 4.92. The first-order chi connectivity index (χ1) is 5.61. The van der Waals surface area contributed by atoms with Crippen molar-refractivity contribution in [3.8, 4) is 0 Å². The second kappa shape index (κ2) is 2.54. The molecule has 2 nitrogen and oxygen atoms in total. The third kappa shape index (κ3) is 1.17. The highest BCUT2D eigenvalue weighted by Crippen LogP contribution is 2.49. The molecule has 0 aromatic heterocycles. The molecule has 0 aromatic carbocycles. The van der Waals surface area contributed by atoms with Gasteiger partial charge in [0.2, 0.25) is 0 Å². The Morgan fingerprint density at radius 3 is 2.25 bits per heavy atom. The molecule has 0 aromatic rings. The van der Waals surface area contributed by atoms with Gasteiger partial charge in [-0.05, 0) is 29.4 Å². The number of rotatable bonds is 0. The van der Waals surface area contributed by atoms with Crippen LogP contribution >= 0.6 is 0 Å². The van der Waals surface area contributed by atoms with Gasteiger partial charge in [-0.25, -0.2) is 0 Å². The molecule has 1 saturated heterocycles. The fourth-order valence-electron chi connectivity index (χ4n) is 3.08. The molecule has 0 radical (unpaired) electrons. The first-order valence-corrected chi connectivity index (χ1v) is 5.03. The van der Waals surface area contributed by atoms with Crippen LogP contribution in [0.3, 0.4) is 0 Å². The Bertz CT molecular complexity index is 202. The van der Waals surface area contributed by atoms with Gasteiger partial charge in [-0.1, -0.05) is 13.8 Å². The fraction of sp³-hybridized carbons (Fsp3) is 1.00. The van der Waals surface area contributed by atoms with E-state index in [4.69, 9.17) is 0 Å². The summed E-state index contributed by atoms with van der Waals surface area (Å²) in [7, 11) is 0. The summed E-state index contributed by atoms with van der Waals surface area (Å²) in [5.74, 6) is 1.66. The van der Waals surface area contributed by atoms with Crippen LogP contribution < -0.4 is 0 Å². The average molecular weight is 168 g/mol. The molecule has 1 spiro atoms. The molecule has 68 valence electrons. The standard InChI is InChI=1S/C10H18NO/c1-8-5-10(6-9(8)2)3-4-11(12)7-10/h8-9H,3-7H2,1-2H3/q+1. The monoisotopic (exact) mass is 168 g/mol. The lowest BCUT2D eigenvalue weighted by Crippen LogP contribution is -2.18. The fourth-order valence-corrected chi connectivity index (χ4v) is 3.08. The van der Waals surface area contributed by atoms with Crippen LogP contribution in [0.15, 0.2) is 0 Å². The Balaban J connectivity index is 2.10. The molecule has 0 bridgehead atoms. The van der Waals surface area contributed by atoms with Crippen molar-refractivity contribution in [1.82, 2.24) is 0 Å². The van der Waals surface area contributed by atoms with E-state index in [-0.39, 0.29) is 0 Å². The van der Waals surface area contributed by atoms with E-state index in [1.807, 2.05) is 0 Å². The van der Waals surface area contributed by atoms with E-state index in [1.165, 1.54) is 17.6 Å². The van der Waals surface area contributed by atoms with Crippen LogP contribution in [0.25, 0.3) is 0 Å². The molecular weight excluding hydrogens is 150 g/mol. The molecule has 2 atom stereocenters. The van der Waals surface area contributed by atoms with Crippen molar-refractivity contribution in [3.63, 3.8) is 0 Å². The molecular formula is C10H18NO+. The van der Waals surface area contributed by atoms with Crippen molar-refractivity contribution < 1.29 is 4.76 Å². The molecule has 1 heterocycles. The normalized spacial score (nSPS) is 47.7. The smallest absolute Gasteiger partial charge is 0.0622 e. The average Bonchev–Trinajstić information content (AvgIpc) is 2.42. The second-order valence-corrected chi connectivity index (χ2v) is 4.98. The van der Waals surface area contributed by atoms with Crippen LogP contribution in [0.5, 0.6) is 0 Å². The van der Waals surface area contributed by atoms with Crippen LogP contribution in [-0.4, -0.2) is 17.8 Å². The van der Waals surface area contributed by atoms with E-state index in [0.29, 0.717) is 5.41 Å². The molecule has 2 fully saturated rings. The molecule has 0 amide bonds. The van der Waals surface area contributed by atoms with Crippen molar-refractivity contribution in [2.45, 2.75) is 33.1 Å². The van der Waals surface area contributed by atoms with Gasteiger partial charge in [-0.3, -0.25) is 0 Å². The minimum atomic E-state index is 0.417. The molecule has 12 heavy (non-hydrogen) atoms. The topological polar surface area (TPSA) is 20.1 Å². The van der Waals surface area contributed by atoms with Crippen LogP contribution in [0.4, 0.5) is 0 Å². The Kier molecular flexibility index (Phi) is 1.74. The van der Waals surface area contributed by atoms with Gasteiger partial charge in [0.25, 0.3) is 0 Å². The van der Waals surface area contributed by atoms with Crippen molar-refractivity contribution in [1.29, 1.82) is 0 Å². The van der Waals surface area contributed by atoms with Crippen molar-refractivity contribution in [3.05, 3.63) is 4.91 Å².